The smallest absolute Gasteiger partial charge is 0.265 e. The maximum atomic E-state index is 10.8. The molecule has 72 valence electrons. The molecule has 0 fully saturated rings. The van der Waals surface area contributed by atoms with Crippen molar-refractivity contribution in [3.05, 3.63) is 42.1 Å². The Morgan fingerprint density at radius 3 is 2.43 bits per heavy atom. The fourth-order valence-electron chi connectivity index (χ4n) is 0.930. The average Bonchev–Trinajstić information content (AvgIpc) is 2.18. The monoisotopic (exact) mass is 190 g/mol. The highest BCUT2D eigenvalue weighted by Crippen LogP contribution is 2.08. The second-order valence-electron chi connectivity index (χ2n) is 2.57. The van der Waals surface area contributed by atoms with Crippen molar-refractivity contribution in [3.8, 4) is 0 Å². The van der Waals surface area contributed by atoms with Crippen LogP contribution in [0.2, 0.25) is 0 Å². The third-order valence-corrected chi connectivity index (χ3v) is 1.55. The van der Waals surface area contributed by atoms with E-state index in [-0.39, 0.29) is 5.70 Å². The number of anilines is 1. The van der Waals surface area contributed by atoms with Crippen molar-refractivity contribution in [2.45, 2.75) is 0 Å². The summed E-state index contributed by atoms with van der Waals surface area (Å²) in [5, 5.41) is 2.73. The van der Waals surface area contributed by atoms with E-state index >= 15 is 0 Å². The molecule has 3 N–H and O–H groups in total. The second-order valence-corrected chi connectivity index (χ2v) is 2.57. The quantitative estimate of drug-likeness (QED) is 0.541. The van der Waals surface area contributed by atoms with Crippen LogP contribution in [0.15, 0.2) is 42.1 Å². The van der Waals surface area contributed by atoms with Crippen LogP contribution >= 0.6 is 0 Å². The molecule has 4 heteroatoms. The van der Waals surface area contributed by atoms with Crippen LogP contribution in [-0.4, -0.2) is 12.2 Å². The highest BCUT2D eigenvalue weighted by atomic mass is 16.1. The third kappa shape index (κ3) is 2.75. The zero-order chi connectivity index (χ0) is 10.4. The highest BCUT2D eigenvalue weighted by molar-refractivity contribution is 5.98. The lowest BCUT2D eigenvalue weighted by molar-refractivity contribution is -0.114. The number of allylic oxidation sites excluding steroid dienone is 1. The highest BCUT2D eigenvalue weighted by Gasteiger charge is 2.03. The summed E-state index contributed by atoms with van der Waals surface area (Å²) >= 11 is 0. The number of nitrogens with one attached hydrogen (secondary N) is 1. The lowest BCUT2D eigenvalue weighted by Gasteiger charge is -2.05. The number of rotatable bonds is 4. The van der Waals surface area contributed by atoms with Crippen LogP contribution in [0.1, 0.15) is 0 Å². The Hall–Kier alpha value is -2.10. The predicted molar refractivity (Wildman–Crippen MR) is 53.4 cm³/mol. The number of carbonyl (C=O) groups is 2. The number of amides is 1. The molecular formula is C10H10N2O2. The second kappa shape index (κ2) is 4.81. The van der Waals surface area contributed by atoms with Crippen molar-refractivity contribution >= 4 is 17.9 Å². The number of benzene rings is 1. The van der Waals surface area contributed by atoms with Gasteiger partial charge in [0.2, 0.25) is 0 Å². The van der Waals surface area contributed by atoms with Crippen LogP contribution in [0.3, 0.4) is 0 Å². The number of hydrogen-bond donors (Lipinski definition) is 2. The SMILES string of the molecule is NC(=O)/C(=C/C=O)Nc1ccccc1. The molecule has 0 aliphatic carbocycles. The van der Waals surface area contributed by atoms with Crippen LogP contribution in [0.5, 0.6) is 0 Å². The van der Waals surface area contributed by atoms with Crippen molar-refractivity contribution in [1.29, 1.82) is 0 Å². The van der Waals surface area contributed by atoms with Crippen molar-refractivity contribution in [2.75, 3.05) is 5.32 Å². The molecule has 0 heterocycles. The molecule has 1 aromatic carbocycles. The van der Waals surface area contributed by atoms with Gasteiger partial charge in [-0.3, -0.25) is 9.59 Å². The van der Waals surface area contributed by atoms with Crippen LogP contribution in [-0.2, 0) is 9.59 Å². The molecule has 0 saturated heterocycles. The summed E-state index contributed by atoms with van der Waals surface area (Å²) < 4.78 is 0. The van der Waals surface area contributed by atoms with Crippen molar-refractivity contribution in [2.24, 2.45) is 5.73 Å². The van der Waals surface area contributed by atoms with E-state index in [1.165, 1.54) is 0 Å². The summed E-state index contributed by atoms with van der Waals surface area (Å²) in [6, 6.07) is 8.99. The molecule has 0 unspecified atom stereocenters. The average molecular weight is 190 g/mol. The first-order valence-corrected chi connectivity index (χ1v) is 4.01. The van der Waals surface area contributed by atoms with Crippen LogP contribution in [0.25, 0.3) is 0 Å². The molecule has 1 aromatic rings. The van der Waals surface area contributed by atoms with Crippen LogP contribution in [0, 0.1) is 0 Å². The van der Waals surface area contributed by atoms with Crippen molar-refractivity contribution in [3.63, 3.8) is 0 Å². The topological polar surface area (TPSA) is 72.2 Å². The standard InChI is InChI=1S/C10H10N2O2/c11-10(14)9(6-7-13)12-8-4-2-1-3-5-8/h1-7,12H,(H2,11,14)/b9-6-. The van der Waals surface area contributed by atoms with Gasteiger partial charge >= 0.3 is 0 Å². The first-order valence-electron chi connectivity index (χ1n) is 4.01. The zero-order valence-electron chi connectivity index (χ0n) is 7.44. The Morgan fingerprint density at radius 1 is 1.29 bits per heavy atom. The Morgan fingerprint density at radius 2 is 1.93 bits per heavy atom. The van der Waals surface area contributed by atoms with Crippen LogP contribution < -0.4 is 11.1 Å². The molecule has 0 saturated carbocycles. The summed E-state index contributed by atoms with van der Waals surface area (Å²) in [6.45, 7) is 0. The van der Waals surface area contributed by atoms with Gasteiger partial charge in [0.05, 0.1) is 0 Å². The molecular weight excluding hydrogens is 180 g/mol. The summed E-state index contributed by atoms with van der Waals surface area (Å²) in [6.07, 6.45) is 1.60. The molecule has 1 rings (SSSR count). The maximum absolute atomic E-state index is 10.8. The van der Waals surface area contributed by atoms with Crippen LogP contribution in [0.4, 0.5) is 5.69 Å². The lowest BCUT2D eigenvalue weighted by Crippen LogP contribution is -2.20. The fourth-order valence-corrected chi connectivity index (χ4v) is 0.930. The van der Waals surface area contributed by atoms with Gasteiger partial charge in [-0.05, 0) is 12.1 Å². The number of nitrogens with two attached hydrogens (primary N) is 1. The molecule has 0 radical (unpaired) electrons. The van der Waals surface area contributed by atoms with E-state index in [2.05, 4.69) is 5.32 Å². The number of carbonyl (C=O) groups excluding carboxylic acids is 2. The van der Waals surface area contributed by atoms with E-state index < -0.39 is 5.91 Å². The van der Waals surface area contributed by atoms with E-state index in [9.17, 15) is 9.59 Å². The number of para-hydroxylation sites is 1. The fraction of sp³-hybridized carbons (Fsp3) is 0. The molecule has 4 nitrogen and oxygen atoms in total. The van der Waals surface area contributed by atoms with Gasteiger partial charge in [0, 0.05) is 11.8 Å². The summed E-state index contributed by atoms with van der Waals surface area (Å²) in [7, 11) is 0. The number of primary amides is 1. The van der Waals surface area contributed by atoms with E-state index in [1.807, 2.05) is 18.2 Å². The Bertz CT molecular complexity index is 358. The summed E-state index contributed by atoms with van der Waals surface area (Å²) in [5.74, 6) is -0.666. The Labute approximate surface area is 81.4 Å². The molecule has 0 bridgehead atoms. The largest absolute Gasteiger partial charge is 0.364 e. The van der Waals surface area contributed by atoms with E-state index in [0.717, 1.165) is 6.08 Å². The first-order chi connectivity index (χ1) is 6.74. The number of aldehydes is 1. The van der Waals surface area contributed by atoms with E-state index in [0.29, 0.717) is 12.0 Å². The third-order valence-electron chi connectivity index (χ3n) is 1.55. The van der Waals surface area contributed by atoms with E-state index in [1.54, 1.807) is 12.1 Å². The predicted octanol–water partition coefficient (Wildman–Crippen LogP) is 0.667. The van der Waals surface area contributed by atoms with E-state index in [4.69, 9.17) is 5.73 Å². The lowest BCUT2D eigenvalue weighted by atomic mass is 10.3. The molecule has 0 aliphatic heterocycles. The van der Waals surface area contributed by atoms with Gasteiger partial charge in [-0.2, -0.15) is 0 Å². The van der Waals surface area contributed by atoms with Gasteiger partial charge in [-0.15, -0.1) is 0 Å². The molecule has 0 atom stereocenters. The van der Waals surface area contributed by atoms with Gasteiger partial charge < -0.3 is 11.1 Å². The maximum Gasteiger partial charge on any atom is 0.265 e. The van der Waals surface area contributed by atoms with Gasteiger partial charge in [-0.1, -0.05) is 18.2 Å². The Balaban J connectivity index is 2.80. The van der Waals surface area contributed by atoms with Gasteiger partial charge in [0.15, 0.2) is 0 Å². The van der Waals surface area contributed by atoms with Gasteiger partial charge in [-0.25, -0.2) is 0 Å². The number of hydrogen-bond acceptors (Lipinski definition) is 3. The Kier molecular flexibility index (Phi) is 3.43. The summed E-state index contributed by atoms with van der Waals surface area (Å²) in [5.41, 5.74) is 5.82. The first kappa shape index (κ1) is 9.98. The molecule has 0 spiro atoms. The molecule has 0 aromatic heterocycles. The molecule has 1 amide bonds. The zero-order valence-corrected chi connectivity index (χ0v) is 7.44. The van der Waals surface area contributed by atoms with Gasteiger partial charge in [0.1, 0.15) is 12.0 Å². The van der Waals surface area contributed by atoms with Gasteiger partial charge in [0.25, 0.3) is 5.91 Å². The minimum atomic E-state index is -0.666. The summed E-state index contributed by atoms with van der Waals surface area (Å²) in [4.78, 5) is 21.0. The minimum absolute atomic E-state index is 0.0752. The van der Waals surface area contributed by atoms with Crippen molar-refractivity contribution < 1.29 is 9.59 Å². The normalized spacial score (nSPS) is 10.7. The van der Waals surface area contributed by atoms with Crippen molar-refractivity contribution in [1.82, 2.24) is 0 Å². The molecule has 0 aliphatic rings. The molecule has 14 heavy (non-hydrogen) atoms. The minimum Gasteiger partial charge on any atom is -0.364 e.